The number of fused-ring (bicyclic) bond motifs is 1. The van der Waals surface area contributed by atoms with E-state index in [9.17, 15) is 41.8 Å². The Kier molecular flexibility index (Phi) is 8.45. The number of hydrogen-bond donors (Lipinski definition) is 2. The van der Waals surface area contributed by atoms with Gasteiger partial charge in [-0.3, -0.25) is 33.1 Å². The molecule has 15 heteroatoms. The van der Waals surface area contributed by atoms with Crippen molar-refractivity contribution in [1.29, 1.82) is 0 Å². The second kappa shape index (κ2) is 11.5. The van der Waals surface area contributed by atoms with E-state index in [1.807, 2.05) is 0 Å². The zero-order valence-electron chi connectivity index (χ0n) is 21.1. The number of benzene rings is 2. The highest BCUT2D eigenvalue weighted by Crippen LogP contribution is 2.43. The lowest BCUT2D eigenvalue weighted by molar-refractivity contribution is -0.156. The van der Waals surface area contributed by atoms with Crippen LogP contribution in [0.4, 0.5) is 13.2 Å². The van der Waals surface area contributed by atoms with Gasteiger partial charge in [-0.1, -0.05) is 12.1 Å². The van der Waals surface area contributed by atoms with Gasteiger partial charge in [-0.05, 0) is 54.8 Å². The van der Waals surface area contributed by atoms with E-state index in [1.165, 1.54) is 30.0 Å². The van der Waals surface area contributed by atoms with E-state index in [0.717, 1.165) is 24.3 Å². The second-order valence-corrected chi connectivity index (χ2v) is 10.5. The molecule has 0 spiro atoms. The molecule has 2 aromatic carbocycles. The molecule has 0 aliphatic carbocycles. The molecule has 0 saturated carbocycles. The van der Waals surface area contributed by atoms with Gasteiger partial charge in [-0.2, -0.15) is 8.78 Å². The van der Waals surface area contributed by atoms with Gasteiger partial charge in [0.05, 0.1) is 6.61 Å². The Hall–Kier alpha value is -3.58. The summed E-state index contributed by atoms with van der Waals surface area (Å²) < 4.78 is 63.1. The first-order valence-electron chi connectivity index (χ1n) is 12.1. The summed E-state index contributed by atoms with van der Waals surface area (Å²) in [4.78, 5) is 62.1. The van der Waals surface area contributed by atoms with E-state index >= 15 is 0 Å². The van der Waals surface area contributed by atoms with E-state index in [4.69, 9.17) is 4.52 Å². The molecule has 0 radical (unpaired) electrons. The van der Waals surface area contributed by atoms with Crippen molar-refractivity contribution >= 4 is 31.5 Å². The Morgan fingerprint density at radius 1 is 1.15 bits per heavy atom. The molecule has 2 aromatic rings. The number of rotatable bonds is 10. The number of halogens is 3. The fraction of sp³-hybridized carbons (Fsp3) is 0.360. The maximum atomic E-state index is 14.5. The molecular formula is C25H25F3N3O8P. The summed E-state index contributed by atoms with van der Waals surface area (Å²) in [6.07, 6.45) is -0.0959. The number of hydrogen-bond acceptors (Lipinski definition) is 7. The number of carbonyl (C=O) groups excluding carboxylic acids is 4. The van der Waals surface area contributed by atoms with Crippen LogP contribution in [0.5, 0.6) is 0 Å². The third-order valence-electron chi connectivity index (χ3n) is 6.45. The molecule has 0 aromatic heterocycles. The van der Waals surface area contributed by atoms with Gasteiger partial charge in [0, 0.05) is 30.6 Å². The van der Waals surface area contributed by atoms with Gasteiger partial charge >= 0.3 is 13.7 Å². The average molecular weight is 583 g/mol. The van der Waals surface area contributed by atoms with Gasteiger partial charge in [-0.25, -0.2) is 8.96 Å². The molecule has 2 N–H and O–H groups in total. The van der Waals surface area contributed by atoms with Crippen LogP contribution in [-0.4, -0.2) is 57.7 Å². The van der Waals surface area contributed by atoms with Crippen LogP contribution < -0.4 is 5.32 Å². The van der Waals surface area contributed by atoms with Crippen molar-refractivity contribution in [2.75, 3.05) is 13.3 Å². The summed E-state index contributed by atoms with van der Waals surface area (Å²) in [6.45, 7) is 0.168. The normalized spacial score (nSPS) is 19.0. The molecule has 2 aliphatic heterocycles. The van der Waals surface area contributed by atoms with Crippen molar-refractivity contribution in [1.82, 2.24) is 15.1 Å². The Labute approximate surface area is 226 Å². The van der Waals surface area contributed by atoms with E-state index < -0.39 is 61.5 Å². The summed E-state index contributed by atoms with van der Waals surface area (Å²) in [6, 6.07) is 6.68. The highest BCUT2D eigenvalue weighted by Gasteiger charge is 2.44. The molecule has 214 valence electrons. The zero-order valence-corrected chi connectivity index (χ0v) is 22.0. The quantitative estimate of drug-likeness (QED) is 0.321. The van der Waals surface area contributed by atoms with Crippen molar-refractivity contribution in [3.63, 3.8) is 0 Å². The van der Waals surface area contributed by atoms with Crippen LogP contribution >= 0.6 is 7.82 Å². The fourth-order valence-corrected chi connectivity index (χ4v) is 5.08. The zero-order chi connectivity index (χ0) is 29.2. The minimum absolute atomic E-state index is 0.0253. The number of carbonyl (C=O) groups is 4. The van der Waals surface area contributed by atoms with Gasteiger partial charge in [0.25, 0.3) is 17.7 Å². The first kappa shape index (κ1) is 29.4. The maximum absolute atomic E-state index is 14.5. The van der Waals surface area contributed by atoms with Gasteiger partial charge in [0.1, 0.15) is 18.6 Å². The highest BCUT2D eigenvalue weighted by atomic mass is 31.2. The number of phosphoric acid groups is 1. The fourth-order valence-electron chi connectivity index (χ4n) is 4.42. The lowest BCUT2D eigenvalue weighted by Crippen LogP contribution is -2.55. The molecule has 4 rings (SSSR count). The van der Waals surface area contributed by atoms with Gasteiger partial charge in [-0.15, -0.1) is 0 Å². The van der Waals surface area contributed by atoms with Gasteiger partial charge < -0.3 is 15.1 Å². The minimum Gasteiger partial charge on any atom is -0.346 e. The Bertz CT molecular complexity index is 1390. The molecule has 1 fully saturated rings. The van der Waals surface area contributed by atoms with Crippen LogP contribution in [0.25, 0.3) is 0 Å². The largest absolute Gasteiger partial charge is 0.473 e. The topological polar surface area (TPSA) is 143 Å². The van der Waals surface area contributed by atoms with E-state index in [0.29, 0.717) is 16.0 Å². The van der Waals surface area contributed by atoms with E-state index in [-0.39, 0.29) is 38.1 Å². The first-order valence-corrected chi connectivity index (χ1v) is 13.6. The van der Waals surface area contributed by atoms with E-state index in [1.54, 1.807) is 0 Å². The maximum Gasteiger partial charge on any atom is 0.473 e. The smallest absolute Gasteiger partial charge is 0.346 e. The number of nitrogens with one attached hydrogen (secondary N) is 1. The van der Waals surface area contributed by atoms with E-state index in [2.05, 4.69) is 9.84 Å². The molecule has 2 heterocycles. The summed E-state index contributed by atoms with van der Waals surface area (Å²) in [5, 5.41) is 2.14. The summed E-state index contributed by atoms with van der Waals surface area (Å²) in [5.41, 5.74) is 0.476. The monoisotopic (exact) mass is 583 g/mol. The van der Waals surface area contributed by atoms with Crippen molar-refractivity contribution in [2.45, 2.75) is 44.8 Å². The predicted molar refractivity (Wildman–Crippen MR) is 131 cm³/mol. The van der Waals surface area contributed by atoms with Crippen molar-refractivity contribution in [2.24, 2.45) is 0 Å². The SMILES string of the molecule is CCOP(=O)(O)OCN1C(=O)CCC(N2Cc3cc(CNC(=O)C(F)(F)c4ccc(F)cc4)ccc3C2=O)C1=O. The lowest BCUT2D eigenvalue weighted by Gasteiger charge is -2.35. The third kappa shape index (κ3) is 6.09. The summed E-state index contributed by atoms with van der Waals surface area (Å²) in [5.74, 6) is -8.14. The average Bonchev–Trinajstić information content (AvgIpc) is 3.22. The van der Waals surface area contributed by atoms with Crippen LogP contribution in [0.15, 0.2) is 42.5 Å². The molecule has 1 saturated heterocycles. The minimum atomic E-state index is -4.49. The molecule has 2 aliphatic rings. The number of amides is 4. The van der Waals surface area contributed by atoms with Gasteiger partial charge in [0.2, 0.25) is 5.91 Å². The highest BCUT2D eigenvalue weighted by molar-refractivity contribution is 7.47. The molecule has 4 amide bonds. The molecule has 40 heavy (non-hydrogen) atoms. The van der Waals surface area contributed by atoms with Crippen molar-refractivity contribution < 1.29 is 50.9 Å². The Morgan fingerprint density at radius 3 is 2.52 bits per heavy atom. The number of alkyl halides is 2. The molecular weight excluding hydrogens is 558 g/mol. The Balaban J connectivity index is 1.41. The molecule has 2 atom stereocenters. The van der Waals surface area contributed by atoms with Crippen molar-refractivity contribution in [3.8, 4) is 0 Å². The van der Waals surface area contributed by atoms with Crippen LogP contribution in [0.2, 0.25) is 0 Å². The van der Waals surface area contributed by atoms with Crippen LogP contribution in [0, 0.1) is 5.82 Å². The molecule has 11 nitrogen and oxygen atoms in total. The first-order chi connectivity index (χ1) is 18.8. The predicted octanol–water partition coefficient (Wildman–Crippen LogP) is 2.82. The number of imide groups is 1. The van der Waals surface area contributed by atoms with Crippen molar-refractivity contribution in [3.05, 3.63) is 70.5 Å². The summed E-state index contributed by atoms with van der Waals surface area (Å²) in [7, 11) is -4.49. The van der Waals surface area contributed by atoms with Gasteiger partial charge in [0.15, 0.2) is 0 Å². The van der Waals surface area contributed by atoms with Crippen LogP contribution in [0.3, 0.4) is 0 Å². The second-order valence-electron chi connectivity index (χ2n) is 9.05. The van der Waals surface area contributed by atoms with Crippen LogP contribution in [-0.2, 0) is 47.0 Å². The lowest BCUT2D eigenvalue weighted by atomic mass is 10.0. The third-order valence-corrected chi connectivity index (χ3v) is 7.48. The standard InChI is InChI=1S/C25H25F3N3O8P/c1-2-38-40(36,37)39-14-31-21(32)10-9-20(23(31)34)30-13-16-11-15(3-8-19(16)22(30)33)12-29-24(35)25(27,28)17-4-6-18(26)7-5-17/h3-8,11,20H,2,9-10,12-14H2,1H3,(H,29,35)(H,36,37). The molecule has 2 unspecified atom stereocenters. The number of likely N-dealkylation sites (tertiary alicyclic amines) is 1. The summed E-state index contributed by atoms with van der Waals surface area (Å²) >= 11 is 0. The Morgan fingerprint density at radius 2 is 1.85 bits per heavy atom. The number of nitrogens with zero attached hydrogens (tertiary/aromatic N) is 2. The number of phosphoric ester groups is 1. The van der Waals surface area contributed by atoms with Crippen LogP contribution in [0.1, 0.15) is 46.8 Å². The molecule has 0 bridgehead atoms. The number of piperidine rings is 1.